The quantitative estimate of drug-likeness (QED) is 0.668. The number of hydrogen-bond donors (Lipinski definition) is 1. The van der Waals surface area contributed by atoms with Crippen LogP contribution in [0.4, 0.5) is 5.69 Å². The van der Waals surface area contributed by atoms with E-state index in [1.807, 2.05) is 42.6 Å². The van der Waals surface area contributed by atoms with Crippen molar-refractivity contribution >= 4 is 21.6 Å². The fourth-order valence-corrected chi connectivity index (χ4v) is 5.83. The minimum absolute atomic E-state index is 0.0472. The summed E-state index contributed by atoms with van der Waals surface area (Å²) in [6.07, 6.45) is 6.05. The highest BCUT2D eigenvalue weighted by atomic mass is 32.2. The molecule has 1 aliphatic heterocycles. The van der Waals surface area contributed by atoms with E-state index < -0.39 is 10.0 Å². The smallest absolute Gasteiger partial charge is 0.264 e. The van der Waals surface area contributed by atoms with Crippen molar-refractivity contribution < 1.29 is 13.2 Å². The van der Waals surface area contributed by atoms with Crippen LogP contribution in [0.25, 0.3) is 0 Å². The molecule has 3 aromatic rings. The Labute approximate surface area is 182 Å². The zero-order valence-corrected chi connectivity index (χ0v) is 17.8. The van der Waals surface area contributed by atoms with Crippen LogP contribution in [0.1, 0.15) is 40.2 Å². The van der Waals surface area contributed by atoms with E-state index in [0.29, 0.717) is 12.1 Å². The molecule has 5 rings (SSSR count). The van der Waals surface area contributed by atoms with Gasteiger partial charge in [-0.15, -0.1) is 0 Å². The van der Waals surface area contributed by atoms with Crippen LogP contribution in [0.2, 0.25) is 0 Å². The van der Waals surface area contributed by atoms with Crippen LogP contribution in [0.5, 0.6) is 0 Å². The van der Waals surface area contributed by atoms with Gasteiger partial charge in [0.25, 0.3) is 15.9 Å². The number of amides is 1. The van der Waals surface area contributed by atoms with Gasteiger partial charge in [-0.25, -0.2) is 8.42 Å². The highest BCUT2D eigenvalue weighted by molar-refractivity contribution is 7.92. The van der Waals surface area contributed by atoms with Crippen LogP contribution < -0.4 is 9.62 Å². The molecule has 2 atom stereocenters. The van der Waals surface area contributed by atoms with Gasteiger partial charge in [-0.05, 0) is 60.7 Å². The van der Waals surface area contributed by atoms with Crippen molar-refractivity contribution in [2.45, 2.75) is 36.1 Å². The summed E-state index contributed by atoms with van der Waals surface area (Å²) in [5.74, 6) is 0.00176. The molecule has 2 aromatic carbocycles. The molecule has 0 saturated heterocycles. The molecular weight excluding hydrogens is 410 g/mol. The molecule has 0 radical (unpaired) electrons. The molecule has 31 heavy (non-hydrogen) atoms. The molecular formula is C24H23N3O3S. The molecule has 2 aliphatic rings. The molecule has 0 bridgehead atoms. The van der Waals surface area contributed by atoms with Crippen molar-refractivity contribution in [3.8, 4) is 0 Å². The molecule has 7 heteroatoms. The van der Waals surface area contributed by atoms with E-state index in [2.05, 4.69) is 10.3 Å². The van der Waals surface area contributed by atoms with Gasteiger partial charge in [0.05, 0.1) is 10.6 Å². The number of nitrogens with one attached hydrogen (secondary N) is 1. The van der Waals surface area contributed by atoms with Crippen molar-refractivity contribution in [1.29, 1.82) is 0 Å². The Morgan fingerprint density at radius 3 is 2.77 bits per heavy atom. The van der Waals surface area contributed by atoms with Crippen molar-refractivity contribution in [3.05, 3.63) is 89.7 Å². The monoisotopic (exact) mass is 433 g/mol. The number of pyridine rings is 1. The maximum Gasteiger partial charge on any atom is 0.264 e. The number of carbonyl (C=O) groups excluding carboxylic acids is 1. The minimum Gasteiger partial charge on any atom is -0.349 e. The molecule has 1 fully saturated rings. The predicted molar refractivity (Wildman–Crippen MR) is 119 cm³/mol. The zero-order valence-electron chi connectivity index (χ0n) is 16.9. The van der Waals surface area contributed by atoms with E-state index in [0.717, 1.165) is 36.1 Å². The third kappa shape index (κ3) is 3.81. The molecule has 158 valence electrons. The lowest BCUT2D eigenvalue weighted by molar-refractivity contribution is 0.0950. The minimum atomic E-state index is -3.75. The highest BCUT2D eigenvalue weighted by Gasteiger charge is 2.40. The van der Waals surface area contributed by atoms with Crippen molar-refractivity contribution in [2.75, 3.05) is 10.8 Å². The maximum atomic E-state index is 13.4. The van der Waals surface area contributed by atoms with Crippen LogP contribution in [0, 0.1) is 0 Å². The fraction of sp³-hybridized carbons (Fsp3) is 0.250. The number of anilines is 1. The summed E-state index contributed by atoms with van der Waals surface area (Å²) in [4.78, 5) is 17.1. The molecule has 1 saturated carbocycles. The largest absolute Gasteiger partial charge is 0.349 e. The second-order valence-corrected chi connectivity index (χ2v) is 9.91. The van der Waals surface area contributed by atoms with E-state index in [4.69, 9.17) is 0 Å². The normalized spacial score (nSPS) is 20.1. The Kier molecular flexibility index (Phi) is 4.98. The number of para-hydroxylation sites is 1. The summed E-state index contributed by atoms with van der Waals surface area (Å²) in [6, 6.07) is 17.8. The lowest BCUT2D eigenvalue weighted by atomic mass is 10.0. The van der Waals surface area contributed by atoms with Crippen LogP contribution in [-0.2, 0) is 16.4 Å². The molecule has 1 N–H and O–H groups in total. The van der Waals surface area contributed by atoms with Gasteiger partial charge in [-0.1, -0.05) is 30.3 Å². The van der Waals surface area contributed by atoms with Gasteiger partial charge >= 0.3 is 0 Å². The molecule has 1 aromatic heterocycles. The van der Waals surface area contributed by atoms with E-state index in [1.165, 1.54) is 10.4 Å². The maximum absolute atomic E-state index is 13.4. The number of nitrogens with zero attached hydrogens (tertiary/aromatic N) is 2. The topological polar surface area (TPSA) is 79.4 Å². The number of fused-ring (bicyclic) bond motifs is 1. The molecule has 1 amide bonds. The Hall–Kier alpha value is -3.19. The van der Waals surface area contributed by atoms with Gasteiger partial charge in [-0.3, -0.25) is 14.1 Å². The van der Waals surface area contributed by atoms with E-state index in [-0.39, 0.29) is 22.8 Å². The lowest BCUT2D eigenvalue weighted by Gasteiger charge is -2.30. The van der Waals surface area contributed by atoms with Gasteiger partial charge in [0.1, 0.15) is 0 Å². The molecule has 6 nitrogen and oxygen atoms in total. The van der Waals surface area contributed by atoms with Crippen LogP contribution in [0.15, 0.2) is 78.0 Å². The van der Waals surface area contributed by atoms with Crippen LogP contribution >= 0.6 is 0 Å². The number of benzene rings is 2. The average molecular weight is 434 g/mol. The molecule has 0 spiro atoms. The Balaban J connectivity index is 1.35. The fourth-order valence-electron chi connectivity index (χ4n) is 4.24. The van der Waals surface area contributed by atoms with E-state index in [1.54, 1.807) is 24.4 Å². The SMILES string of the molecule is O=C(N[C@H]1C[C@@H]1c1cccnc1)c1cccc(S(=O)(=O)N2CCCc3ccccc32)c1. The van der Waals surface area contributed by atoms with Gasteiger partial charge in [-0.2, -0.15) is 0 Å². The Bertz CT molecular complexity index is 1230. The number of hydrogen-bond acceptors (Lipinski definition) is 4. The Morgan fingerprint density at radius 1 is 1.06 bits per heavy atom. The molecule has 1 aliphatic carbocycles. The number of rotatable bonds is 5. The van der Waals surface area contributed by atoms with Gasteiger partial charge < -0.3 is 5.32 Å². The summed E-state index contributed by atoms with van der Waals surface area (Å²) < 4.78 is 28.2. The first-order chi connectivity index (χ1) is 15.0. The summed E-state index contributed by atoms with van der Waals surface area (Å²) in [7, 11) is -3.75. The number of aromatic nitrogens is 1. The molecule has 2 heterocycles. The number of sulfonamides is 1. The Morgan fingerprint density at radius 2 is 1.94 bits per heavy atom. The highest BCUT2D eigenvalue weighted by Crippen LogP contribution is 2.40. The van der Waals surface area contributed by atoms with Crippen molar-refractivity contribution in [2.24, 2.45) is 0 Å². The molecule has 0 unspecified atom stereocenters. The van der Waals surface area contributed by atoms with Crippen LogP contribution in [-0.4, -0.2) is 31.9 Å². The second kappa shape index (κ2) is 7.81. The second-order valence-electron chi connectivity index (χ2n) is 8.05. The van der Waals surface area contributed by atoms with Crippen LogP contribution in [0.3, 0.4) is 0 Å². The summed E-state index contributed by atoms with van der Waals surface area (Å²) in [6.45, 7) is 0.435. The zero-order chi connectivity index (χ0) is 21.4. The van der Waals surface area contributed by atoms with Gasteiger partial charge in [0.2, 0.25) is 0 Å². The first-order valence-corrected chi connectivity index (χ1v) is 11.9. The summed E-state index contributed by atoms with van der Waals surface area (Å²) >= 11 is 0. The van der Waals surface area contributed by atoms with E-state index in [9.17, 15) is 13.2 Å². The lowest BCUT2D eigenvalue weighted by Crippen LogP contribution is -2.35. The van der Waals surface area contributed by atoms with E-state index >= 15 is 0 Å². The first-order valence-electron chi connectivity index (χ1n) is 10.5. The predicted octanol–water partition coefficient (Wildman–Crippen LogP) is 3.51. The standard InChI is InChI=1S/C24H23N3O3S/c28-24(26-22-15-21(22)19-8-4-12-25-16-19)18-7-3-10-20(14-18)31(29,30)27-13-5-9-17-6-1-2-11-23(17)27/h1-4,6-8,10-12,14,16,21-22H,5,9,13,15H2,(H,26,28)/t21-,22+/m1/s1. The van der Waals surface area contributed by atoms with Crippen molar-refractivity contribution in [3.63, 3.8) is 0 Å². The van der Waals surface area contributed by atoms with Gasteiger partial charge in [0.15, 0.2) is 0 Å². The van der Waals surface area contributed by atoms with Gasteiger partial charge in [0, 0.05) is 36.5 Å². The summed E-state index contributed by atoms with van der Waals surface area (Å²) in [5, 5.41) is 3.02. The first kappa shape index (κ1) is 19.8. The summed E-state index contributed by atoms with van der Waals surface area (Å²) in [5.41, 5.74) is 3.21. The third-order valence-electron chi connectivity index (χ3n) is 5.97. The average Bonchev–Trinajstić information content (AvgIpc) is 3.58. The number of carbonyl (C=O) groups is 1. The van der Waals surface area contributed by atoms with Crippen molar-refractivity contribution in [1.82, 2.24) is 10.3 Å². The number of aryl methyl sites for hydroxylation is 1. The third-order valence-corrected chi connectivity index (χ3v) is 7.78.